The van der Waals surface area contributed by atoms with Gasteiger partial charge >= 0.3 is 0 Å². The highest BCUT2D eigenvalue weighted by Gasteiger charge is 2.33. The van der Waals surface area contributed by atoms with Crippen LogP contribution in [0.3, 0.4) is 0 Å². The van der Waals surface area contributed by atoms with Gasteiger partial charge in [-0.05, 0) is 49.6 Å². The molecule has 0 radical (unpaired) electrons. The zero-order valence-electron chi connectivity index (χ0n) is 15.1. The molecule has 0 N–H and O–H groups in total. The van der Waals surface area contributed by atoms with Gasteiger partial charge in [-0.25, -0.2) is 13.4 Å². The lowest BCUT2D eigenvalue weighted by Crippen LogP contribution is -2.38. The normalized spacial score (nSPS) is 18.7. The van der Waals surface area contributed by atoms with Gasteiger partial charge in [0.05, 0.1) is 17.1 Å². The molecule has 7 heteroatoms. The van der Waals surface area contributed by atoms with Crippen molar-refractivity contribution in [1.29, 1.82) is 0 Å². The monoisotopic (exact) mass is 390 g/mol. The lowest BCUT2D eigenvalue weighted by Gasteiger charge is -2.24. The minimum atomic E-state index is -3.04. The second kappa shape index (κ2) is 7.40. The smallest absolute Gasteiger partial charge is 0.256 e. The van der Waals surface area contributed by atoms with Crippen LogP contribution < -0.4 is 0 Å². The summed E-state index contributed by atoms with van der Waals surface area (Å²) >= 11 is 1.47. The maximum Gasteiger partial charge on any atom is 0.256 e. The van der Waals surface area contributed by atoms with Gasteiger partial charge in [-0.2, -0.15) is 0 Å². The highest BCUT2D eigenvalue weighted by atomic mass is 32.2. The van der Waals surface area contributed by atoms with Crippen molar-refractivity contribution in [1.82, 2.24) is 9.88 Å². The topological polar surface area (TPSA) is 67.3 Å². The van der Waals surface area contributed by atoms with E-state index in [2.05, 4.69) is 23.2 Å². The van der Waals surface area contributed by atoms with Gasteiger partial charge < -0.3 is 4.90 Å². The number of sulfone groups is 1. The standard InChI is InChI=1S/C19H22N2O3S2/c1-13-6-7-14(2)17(11-13)25-18-16(5-4-9-20-18)19(22)21(3)15-8-10-26(23,24)12-15/h4-7,9,11,15H,8,10,12H2,1-3H3. The van der Waals surface area contributed by atoms with Crippen LogP contribution >= 0.6 is 11.8 Å². The van der Waals surface area contributed by atoms with Gasteiger partial charge in [-0.3, -0.25) is 4.79 Å². The van der Waals surface area contributed by atoms with Crippen LogP contribution in [-0.2, 0) is 9.84 Å². The molecule has 2 aromatic rings. The van der Waals surface area contributed by atoms with Crippen molar-refractivity contribution in [2.24, 2.45) is 0 Å². The fraction of sp³-hybridized carbons (Fsp3) is 0.368. The average molecular weight is 391 g/mol. The summed E-state index contributed by atoms with van der Waals surface area (Å²) in [6.07, 6.45) is 2.16. The largest absolute Gasteiger partial charge is 0.338 e. The Kier molecular flexibility index (Phi) is 5.39. The minimum absolute atomic E-state index is 0.0367. The molecule has 0 aliphatic carbocycles. The zero-order chi connectivity index (χ0) is 18.9. The van der Waals surface area contributed by atoms with E-state index in [9.17, 15) is 13.2 Å². The van der Waals surface area contributed by atoms with Crippen molar-refractivity contribution in [2.75, 3.05) is 18.6 Å². The van der Waals surface area contributed by atoms with Crippen LogP contribution in [0, 0.1) is 13.8 Å². The predicted molar refractivity (Wildman–Crippen MR) is 103 cm³/mol. The van der Waals surface area contributed by atoms with Crippen LogP contribution in [0.1, 0.15) is 27.9 Å². The highest BCUT2D eigenvalue weighted by Crippen LogP contribution is 2.32. The van der Waals surface area contributed by atoms with E-state index in [1.807, 2.05) is 13.8 Å². The summed E-state index contributed by atoms with van der Waals surface area (Å²) in [5, 5.41) is 0.638. The number of hydrogen-bond donors (Lipinski definition) is 0. The van der Waals surface area contributed by atoms with Crippen molar-refractivity contribution in [3.05, 3.63) is 53.2 Å². The summed E-state index contributed by atoms with van der Waals surface area (Å²) in [5.41, 5.74) is 2.78. The Morgan fingerprint density at radius 2 is 2.04 bits per heavy atom. The molecule has 0 saturated carbocycles. The van der Waals surface area contributed by atoms with Crippen LogP contribution in [0.2, 0.25) is 0 Å². The molecule has 3 rings (SSSR count). The number of hydrogen-bond acceptors (Lipinski definition) is 5. The second-order valence-corrected chi connectivity index (χ2v) is 9.96. The maximum atomic E-state index is 13.0. The van der Waals surface area contributed by atoms with E-state index >= 15 is 0 Å². The van der Waals surface area contributed by atoms with Crippen LogP contribution in [-0.4, -0.2) is 48.8 Å². The summed E-state index contributed by atoms with van der Waals surface area (Å²) in [6.45, 7) is 4.06. The second-order valence-electron chi connectivity index (χ2n) is 6.70. The number of nitrogens with zero attached hydrogens (tertiary/aromatic N) is 2. The number of benzene rings is 1. The molecule has 1 aliphatic heterocycles. The van der Waals surface area contributed by atoms with Crippen molar-refractivity contribution >= 4 is 27.5 Å². The molecular formula is C19H22N2O3S2. The Bertz CT molecular complexity index is 942. The van der Waals surface area contributed by atoms with Crippen LogP contribution in [0.15, 0.2) is 46.5 Å². The van der Waals surface area contributed by atoms with E-state index in [4.69, 9.17) is 0 Å². The van der Waals surface area contributed by atoms with E-state index in [0.29, 0.717) is 17.0 Å². The summed E-state index contributed by atoms with van der Waals surface area (Å²) in [7, 11) is -1.37. The first kappa shape index (κ1) is 18.9. The summed E-state index contributed by atoms with van der Waals surface area (Å²) in [4.78, 5) is 20.0. The molecule has 26 heavy (non-hydrogen) atoms. The quantitative estimate of drug-likeness (QED) is 0.802. The molecule has 1 fully saturated rings. The Hall–Kier alpha value is -1.86. The molecule has 1 amide bonds. The average Bonchev–Trinajstić information content (AvgIpc) is 2.97. The van der Waals surface area contributed by atoms with Crippen LogP contribution in [0.5, 0.6) is 0 Å². The number of carbonyl (C=O) groups excluding carboxylic acids is 1. The third-order valence-electron chi connectivity index (χ3n) is 4.63. The number of rotatable bonds is 4. The molecular weight excluding hydrogens is 368 g/mol. The number of amides is 1. The third kappa shape index (κ3) is 4.10. The molecule has 0 spiro atoms. The number of aromatic nitrogens is 1. The molecule has 1 aromatic carbocycles. The zero-order valence-corrected chi connectivity index (χ0v) is 16.7. The highest BCUT2D eigenvalue weighted by molar-refractivity contribution is 7.99. The lowest BCUT2D eigenvalue weighted by molar-refractivity contribution is 0.0743. The number of aryl methyl sites for hydroxylation is 2. The molecule has 138 valence electrons. The molecule has 1 unspecified atom stereocenters. The van der Waals surface area contributed by atoms with E-state index < -0.39 is 9.84 Å². The van der Waals surface area contributed by atoms with Crippen molar-refractivity contribution in [3.63, 3.8) is 0 Å². The van der Waals surface area contributed by atoms with Gasteiger partial charge in [0.25, 0.3) is 5.91 Å². The van der Waals surface area contributed by atoms with Crippen molar-refractivity contribution in [2.45, 2.75) is 36.2 Å². The molecule has 0 bridgehead atoms. The van der Waals surface area contributed by atoms with E-state index in [1.54, 1.807) is 30.3 Å². The van der Waals surface area contributed by atoms with Gasteiger partial charge in [0.15, 0.2) is 9.84 Å². The minimum Gasteiger partial charge on any atom is -0.338 e. The van der Waals surface area contributed by atoms with E-state index in [0.717, 1.165) is 16.0 Å². The van der Waals surface area contributed by atoms with E-state index in [-0.39, 0.29) is 23.5 Å². The van der Waals surface area contributed by atoms with Crippen LogP contribution in [0.25, 0.3) is 0 Å². The molecule has 1 atom stereocenters. The SMILES string of the molecule is Cc1ccc(C)c(Sc2ncccc2C(=O)N(C)C2CCS(=O)(=O)C2)c1. The summed E-state index contributed by atoms with van der Waals surface area (Å²) in [6, 6.07) is 9.40. The van der Waals surface area contributed by atoms with Gasteiger partial charge in [0.2, 0.25) is 0 Å². The Balaban J connectivity index is 1.87. The Labute approximate surface area is 158 Å². The molecule has 5 nitrogen and oxygen atoms in total. The molecule has 1 aromatic heterocycles. The number of pyridine rings is 1. The fourth-order valence-corrected chi connectivity index (χ4v) is 5.83. The van der Waals surface area contributed by atoms with Crippen LogP contribution in [0.4, 0.5) is 0 Å². The predicted octanol–water partition coefficient (Wildman–Crippen LogP) is 3.11. The number of carbonyl (C=O) groups is 1. The third-order valence-corrected chi connectivity index (χ3v) is 7.56. The van der Waals surface area contributed by atoms with Crippen molar-refractivity contribution in [3.8, 4) is 0 Å². The molecule has 1 aliphatic rings. The first-order chi connectivity index (χ1) is 12.3. The maximum absolute atomic E-state index is 13.0. The first-order valence-corrected chi connectivity index (χ1v) is 11.1. The van der Waals surface area contributed by atoms with Gasteiger partial charge in [0, 0.05) is 24.2 Å². The van der Waals surface area contributed by atoms with Gasteiger partial charge in [-0.1, -0.05) is 23.9 Å². The van der Waals surface area contributed by atoms with E-state index in [1.165, 1.54) is 11.8 Å². The first-order valence-electron chi connectivity index (χ1n) is 8.44. The van der Waals surface area contributed by atoms with Gasteiger partial charge in [0.1, 0.15) is 5.03 Å². The Morgan fingerprint density at radius 1 is 1.27 bits per heavy atom. The van der Waals surface area contributed by atoms with Crippen molar-refractivity contribution < 1.29 is 13.2 Å². The lowest BCUT2D eigenvalue weighted by atomic mass is 10.2. The fourth-order valence-electron chi connectivity index (χ4n) is 2.99. The summed E-state index contributed by atoms with van der Waals surface area (Å²) in [5.74, 6) is -0.00510. The van der Waals surface area contributed by atoms with Gasteiger partial charge in [-0.15, -0.1) is 0 Å². The summed E-state index contributed by atoms with van der Waals surface area (Å²) < 4.78 is 23.5. The Morgan fingerprint density at radius 3 is 2.73 bits per heavy atom. The molecule has 2 heterocycles. The molecule has 1 saturated heterocycles.